The van der Waals surface area contributed by atoms with Gasteiger partial charge in [0, 0.05) is 17.3 Å². The third kappa shape index (κ3) is 1.97. The van der Waals surface area contributed by atoms with Gasteiger partial charge in [0.1, 0.15) is 0 Å². The van der Waals surface area contributed by atoms with Crippen molar-refractivity contribution in [2.24, 2.45) is 0 Å². The number of aromatic nitrogens is 3. The fourth-order valence-electron chi connectivity index (χ4n) is 1.13. The van der Waals surface area contributed by atoms with Gasteiger partial charge in [-0.25, -0.2) is 4.98 Å². The second kappa shape index (κ2) is 4.10. The molecule has 2 N–H and O–H groups in total. The SMILES string of the molecule is O=C(NCl)c1n[nH]c(-c2ccccc2)n1. The van der Waals surface area contributed by atoms with Gasteiger partial charge in [0.05, 0.1) is 0 Å². The van der Waals surface area contributed by atoms with Crippen molar-refractivity contribution in [3.63, 3.8) is 0 Å². The summed E-state index contributed by atoms with van der Waals surface area (Å²) in [5, 5.41) is 6.39. The number of nitrogens with one attached hydrogen (secondary N) is 2. The first-order valence-corrected chi connectivity index (χ1v) is 4.58. The van der Waals surface area contributed by atoms with Gasteiger partial charge >= 0.3 is 5.91 Å². The highest BCUT2D eigenvalue weighted by Crippen LogP contribution is 2.12. The van der Waals surface area contributed by atoms with Crippen molar-refractivity contribution in [2.75, 3.05) is 0 Å². The van der Waals surface area contributed by atoms with Crippen LogP contribution < -0.4 is 4.84 Å². The van der Waals surface area contributed by atoms with Gasteiger partial charge in [-0.2, -0.15) is 0 Å². The molecule has 1 heterocycles. The Morgan fingerprint density at radius 2 is 2.07 bits per heavy atom. The van der Waals surface area contributed by atoms with E-state index < -0.39 is 5.91 Å². The molecule has 0 saturated carbocycles. The van der Waals surface area contributed by atoms with Crippen molar-refractivity contribution in [1.82, 2.24) is 20.0 Å². The Labute approximate surface area is 90.6 Å². The molecule has 1 aromatic carbocycles. The van der Waals surface area contributed by atoms with E-state index in [1.807, 2.05) is 35.2 Å². The molecule has 0 aliphatic heterocycles. The Bertz CT molecular complexity index is 468. The molecule has 6 heteroatoms. The molecule has 0 saturated heterocycles. The fraction of sp³-hybridized carbons (Fsp3) is 0. The smallest absolute Gasteiger partial charge is 0.264 e. The summed E-state index contributed by atoms with van der Waals surface area (Å²) in [5.41, 5.74) is 0.860. The minimum Gasteiger partial charge on any atom is -0.264 e. The molecule has 1 amide bonds. The Kier molecular flexibility index (Phi) is 2.64. The fourth-order valence-corrected chi connectivity index (χ4v) is 1.22. The monoisotopic (exact) mass is 222 g/mol. The van der Waals surface area contributed by atoms with Crippen molar-refractivity contribution < 1.29 is 4.79 Å². The number of hydrogen-bond donors (Lipinski definition) is 2. The van der Waals surface area contributed by atoms with Gasteiger partial charge in [0.15, 0.2) is 5.82 Å². The largest absolute Gasteiger partial charge is 0.305 e. The van der Waals surface area contributed by atoms with Crippen LogP contribution in [0.1, 0.15) is 10.6 Å². The van der Waals surface area contributed by atoms with Gasteiger partial charge in [-0.1, -0.05) is 30.3 Å². The minimum atomic E-state index is -0.532. The van der Waals surface area contributed by atoms with Crippen molar-refractivity contribution in [1.29, 1.82) is 0 Å². The summed E-state index contributed by atoms with van der Waals surface area (Å²) in [7, 11) is 0. The maximum absolute atomic E-state index is 11.1. The molecule has 2 aromatic rings. The lowest BCUT2D eigenvalue weighted by Gasteiger charge is -1.92. The highest BCUT2D eigenvalue weighted by atomic mass is 35.5. The summed E-state index contributed by atoms with van der Waals surface area (Å²) in [5.74, 6) is 0.0183. The Morgan fingerprint density at radius 3 is 2.73 bits per heavy atom. The zero-order chi connectivity index (χ0) is 10.7. The number of nitrogens with zero attached hydrogens (tertiary/aromatic N) is 2. The molecule has 0 spiro atoms. The van der Waals surface area contributed by atoms with E-state index in [0.29, 0.717) is 5.82 Å². The highest BCUT2D eigenvalue weighted by Gasteiger charge is 2.11. The number of H-pyrrole nitrogens is 1. The van der Waals surface area contributed by atoms with E-state index in [0.717, 1.165) is 5.56 Å². The lowest BCUT2D eigenvalue weighted by Crippen LogP contribution is -2.14. The van der Waals surface area contributed by atoms with E-state index in [1.54, 1.807) is 0 Å². The summed E-state index contributed by atoms with van der Waals surface area (Å²) >= 11 is 5.15. The van der Waals surface area contributed by atoms with Crippen molar-refractivity contribution in [3.8, 4) is 11.4 Å². The van der Waals surface area contributed by atoms with E-state index in [9.17, 15) is 4.79 Å². The van der Waals surface area contributed by atoms with Crippen LogP contribution in [0, 0.1) is 0 Å². The third-order valence-corrected chi connectivity index (χ3v) is 1.99. The number of carbonyl (C=O) groups excluding carboxylic acids is 1. The predicted octanol–water partition coefficient (Wildman–Crippen LogP) is 1.36. The van der Waals surface area contributed by atoms with E-state index in [2.05, 4.69) is 15.2 Å². The molecule has 5 nitrogen and oxygen atoms in total. The van der Waals surface area contributed by atoms with Crippen molar-refractivity contribution in [2.45, 2.75) is 0 Å². The zero-order valence-corrected chi connectivity index (χ0v) is 8.32. The molecule has 0 aliphatic carbocycles. The Morgan fingerprint density at radius 1 is 1.33 bits per heavy atom. The summed E-state index contributed by atoms with van der Waals surface area (Å²) in [6, 6.07) is 9.37. The molecule has 0 bridgehead atoms. The molecule has 2 rings (SSSR count). The minimum absolute atomic E-state index is 0.0175. The van der Waals surface area contributed by atoms with Crippen LogP contribution in [-0.4, -0.2) is 21.1 Å². The number of carbonyl (C=O) groups is 1. The number of rotatable bonds is 2. The quantitative estimate of drug-likeness (QED) is 0.754. The normalized spacial score (nSPS) is 9.93. The van der Waals surface area contributed by atoms with Gasteiger partial charge in [-0.15, -0.1) is 5.10 Å². The van der Waals surface area contributed by atoms with Crippen LogP contribution in [0.5, 0.6) is 0 Å². The molecule has 0 aliphatic rings. The van der Waals surface area contributed by atoms with Crippen LogP contribution in [0.15, 0.2) is 30.3 Å². The van der Waals surface area contributed by atoms with E-state index >= 15 is 0 Å². The van der Waals surface area contributed by atoms with Crippen LogP contribution >= 0.6 is 11.8 Å². The Balaban J connectivity index is 2.32. The van der Waals surface area contributed by atoms with E-state index in [-0.39, 0.29) is 5.82 Å². The van der Waals surface area contributed by atoms with Crippen LogP contribution in [-0.2, 0) is 0 Å². The molecule has 0 fully saturated rings. The number of benzene rings is 1. The second-order valence-electron chi connectivity index (χ2n) is 2.80. The van der Waals surface area contributed by atoms with Gasteiger partial charge < -0.3 is 0 Å². The van der Waals surface area contributed by atoms with Gasteiger partial charge in [0.2, 0.25) is 5.82 Å². The summed E-state index contributed by atoms with van der Waals surface area (Å²) in [6.45, 7) is 0. The Hall–Kier alpha value is -1.88. The molecular formula is C9H7ClN4O. The first kappa shape index (κ1) is 9.67. The molecule has 1 aromatic heterocycles. The van der Waals surface area contributed by atoms with Gasteiger partial charge in [-0.3, -0.25) is 14.7 Å². The average molecular weight is 223 g/mol. The van der Waals surface area contributed by atoms with Crippen molar-refractivity contribution in [3.05, 3.63) is 36.2 Å². The molecule has 76 valence electrons. The first-order valence-electron chi connectivity index (χ1n) is 4.20. The zero-order valence-electron chi connectivity index (χ0n) is 7.57. The number of hydrogen-bond acceptors (Lipinski definition) is 3. The lowest BCUT2D eigenvalue weighted by atomic mass is 10.2. The summed E-state index contributed by atoms with van der Waals surface area (Å²) < 4.78 is 0. The highest BCUT2D eigenvalue weighted by molar-refractivity contribution is 6.23. The topological polar surface area (TPSA) is 70.7 Å². The predicted molar refractivity (Wildman–Crippen MR) is 55.1 cm³/mol. The number of aromatic amines is 1. The maximum Gasteiger partial charge on any atom is 0.305 e. The second-order valence-corrected chi connectivity index (χ2v) is 2.99. The van der Waals surface area contributed by atoms with E-state index in [1.165, 1.54) is 0 Å². The lowest BCUT2D eigenvalue weighted by molar-refractivity contribution is 0.0972. The standard InChI is InChI=1S/C9H7ClN4O/c10-12-9(15)8-11-7(13-14-8)6-4-2-1-3-5-6/h1-5H,(H,12,15)(H,11,13,14). The third-order valence-electron chi connectivity index (χ3n) is 1.82. The average Bonchev–Trinajstić information content (AvgIpc) is 2.78. The molecule has 0 unspecified atom stereocenters. The molecule has 0 atom stereocenters. The van der Waals surface area contributed by atoms with Crippen molar-refractivity contribution >= 4 is 17.7 Å². The summed E-state index contributed by atoms with van der Waals surface area (Å²) in [6.07, 6.45) is 0. The first-order chi connectivity index (χ1) is 7.31. The van der Waals surface area contributed by atoms with Gasteiger partial charge in [-0.05, 0) is 0 Å². The van der Waals surface area contributed by atoms with E-state index in [4.69, 9.17) is 11.8 Å². The summed E-state index contributed by atoms with van der Waals surface area (Å²) in [4.78, 5) is 17.0. The van der Waals surface area contributed by atoms with Crippen LogP contribution in [0.25, 0.3) is 11.4 Å². The molecule has 15 heavy (non-hydrogen) atoms. The molecular weight excluding hydrogens is 216 g/mol. The maximum atomic E-state index is 11.1. The number of amides is 1. The van der Waals surface area contributed by atoms with Crippen LogP contribution in [0.2, 0.25) is 0 Å². The van der Waals surface area contributed by atoms with Crippen LogP contribution in [0.4, 0.5) is 0 Å². The van der Waals surface area contributed by atoms with Gasteiger partial charge in [0.25, 0.3) is 0 Å². The van der Waals surface area contributed by atoms with Crippen LogP contribution in [0.3, 0.4) is 0 Å². The molecule has 0 radical (unpaired) electrons. The number of halogens is 1.